The zero-order valence-electron chi connectivity index (χ0n) is 12.5. The van der Waals surface area contributed by atoms with Crippen LogP contribution in [0.3, 0.4) is 0 Å². The Kier molecular flexibility index (Phi) is 3.92. The first kappa shape index (κ1) is 15.1. The molecule has 6 nitrogen and oxygen atoms in total. The van der Waals surface area contributed by atoms with Gasteiger partial charge in [0.2, 0.25) is 10.0 Å². The SMILES string of the molecule is Cc1cc(CS(=O)(=O)N[C@H]2COc3c(C)cccc3C2)no1. The van der Waals surface area contributed by atoms with E-state index in [1.165, 1.54) is 0 Å². The minimum absolute atomic E-state index is 0.193. The van der Waals surface area contributed by atoms with E-state index in [-0.39, 0.29) is 11.8 Å². The van der Waals surface area contributed by atoms with E-state index in [0.717, 1.165) is 16.9 Å². The summed E-state index contributed by atoms with van der Waals surface area (Å²) in [4.78, 5) is 0. The second kappa shape index (κ2) is 5.73. The topological polar surface area (TPSA) is 81.4 Å². The number of nitrogens with one attached hydrogen (secondary N) is 1. The largest absolute Gasteiger partial charge is 0.491 e. The van der Waals surface area contributed by atoms with Crippen LogP contribution in [0.1, 0.15) is 22.6 Å². The number of aryl methyl sites for hydroxylation is 2. The molecule has 0 spiro atoms. The molecule has 0 fully saturated rings. The lowest BCUT2D eigenvalue weighted by Gasteiger charge is -2.26. The summed E-state index contributed by atoms with van der Waals surface area (Å²) >= 11 is 0. The van der Waals surface area contributed by atoms with Crippen molar-refractivity contribution in [1.29, 1.82) is 0 Å². The van der Waals surface area contributed by atoms with Gasteiger partial charge in [0.05, 0.1) is 6.04 Å². The maximum atomic E-state index is 12.2. The van der Waals surface area contributed by atoms with Crippen LogP contribution in [0.5, 0.6) is 5.75 Å². The van der Waals surface area contributed by atoms with Crippen molar-refractivity contribution in [1.82, 2.24) is 9.88 Å². The van der Waals surface area contributed by atoms with Crippen LogP contribution in [0, 0.1) is 13.8 Å². The van der Waals surface area contributed by atoms with Gasteiger partial charge < -0.3 is 9.26 Å². The Labute approximate surface area is 129 Å². The first-order valence-electron chi connectivity index (χ1n) is 7.06. The number of aromatic nitrogens is 1. The van der Waals surface area contributed by atoms with Gasteiger partial charge >= 0.3 is 0 Å². The van der Waals surface area contributed by atoms with E-state index in [1.54, 1.807) is 13.0 Å². The van der Waals surface area contributed by atoms with Gasteiger partial charge in [-0.2, -0.15) is 0 Å². The number of para-hydroxylation sites is 1. The molecule has 7 heteroatoms. The number of sulfonamides is 1. The van der Waals surface area contributed by atoms with Crippen LogP contribution in [0.15, 0.2) is 28.8 Å². The van der Waals surface area contributed by atoms with Gasteiger partial charge in [0.1, 0.15) is 29.6 Å². The van der Waals surface area contributed by atoms with Gasteiger partial charge in [0.15, 0.2) is 0 Å². The zero-order chi connectivity index (χ0) is 15.7. The van der Waals surface area contributed by atoms with E-state index >= 15 is 0 Å². The highest BCUT2D eigenvalue weighted by Crippen LogP contribution is 2.28. The first-order valence-corrected chi connectivity index (χ1v) is 8.72. The van der Waals surface area contributed by atoms with Crippen LogP contribution < -0.4 is 9.46 Å². The van der Waals surface area contributed by atoms with Crippen molar-refractivity contribution in [3.05, 3.63) is 46.8 Å². The quantitative estimate of drug-likeness (QED) is 0.927. The van der Waals surface area contributed by atoms with Gasteiger partial charge in [-0.3, -0.25) is 0 Å². The molecule has 0 aliphatic carbocycles. The summed E-state index contributed by atoms with van der Waals surface area (Å²) in [5.74, 6) is 1.27. The lowest BCUT2D eigenvalue weighted by Crippen LogP contribution is -2.43. The first-order chi connectivity index (χ1) is 10.4. The average molecular weight is 322 g/mol. The number of nitrogens with zero attached hydrogens (tertiary/aromatic N) is 1. The number of fused-ring (bicyclic) bond motifs is 1. The Morgan fingerprint density at radius 1 is 1.36 bits per heavy atom. The van der Waals surface area contributed by atoms with Gasteiger partial charge in [-0.25, -0.2) is 13.1 Å². The number of ether oxygens (including phenoxy) is 1. The molecule has 0 saturated heterocycles. The smallest absolute Gasteiger partial charge is 0.217 e. The molecule has 2 aromatic rings. The molecular formula is C15H18N2O4S. The zero-order valence-corrected chi connectivity index (χ0v) is 13.3. The summed E-state index contributed by atoms with van der Waals surface area (Å²) in [7, 11) is -3.49. The van der Waals surface area contributed by atoms with Crippen molar-refractivity contribution in [2.45, 2.75) is 32.1 Å². The minimum atomic E-state index is -3.49. The number of hydrogen-bond donors (Lipinski definition) is 1. The summed E-state index contributed by atoms with van der Waals surface area (Å²) < 4.78 is 37.7. The highest BCUT2D eigenvalue weighted by atomic mass is 32.2. The Balaban J connectivity index is 1.69. The highest BCUT2D eigenvalue weighted by molar-refractivity contribution is 7.88. The van der Waals surface area contributed by atoms with Crippen molar-refractivity contribution in [3.8, 4) is 5.75 Å². The molecule has 3 rings (SSSR count). The second-order valence-corrected chi connectivity index (χ2v) is 7.33. The fourth-order valence-corrected chi connectivity index (χ4v) is 3.91. The molecule has 118 valence electrons. The summed E-state index contributed by atoms with van der Waals surface area (Å²) in [6.07, 6.45) is 0.619. The Hall–Kier alpha value is -1.86. The molecule has 0 saturated carbocycles. The van der Waals surface area contributed by atoms with Crippen molar-refractivity contribution in [2.24, 2.45) is 0 Å². The lowest BCUT2D eigenvalue weighted by atomic mass is 10.0. The van der Waals surface area contributed by atoms with Crippen molar-refractivity contribution < 1.29 is 17.7 Å². The molecule has 0 unspecified atom stereocenters. The van der Waals surface area contributed by atoms with E-state index in [0.29, 0.717) is 24.5 Å². The van der Waals surface area contributed by atoms with Crippen LogP contribution in [-0.4, -0.2) is 26.2 Å². The third-order valence-electron chi connectivity index (χ3n) is 3.55. The van der Waals surface area contributed by atoms with Gasteiger partial charge in [0.25, 0.3) is 0 Å². The summed E-state index contributed by atoms with van der Waals surface area (Å²) in [5, 5.41) is 3.72. The van der Waals surface area contributed by atoms with Gasteiger partial charge in [-0.05, 0) is 31.4 Å². The number of hydrogen-bond acceptors (Lipinski definition) is 5. The fraction of sp³-hybridized carbons (Fsp3) is 0.400. The van der Waals surface area contributed by atoms with Gasteiger partial charge in [0, 0.05) is 6.07 Å². The monoisotopic (exact) mass is 322 g/mol. The van der Waals surface area contributed by atoms with Crippen molar-refractivity contribution >= 4 is 10.0 Å². The van der Waals surface area contributed by atoms with Crippen molar-refractivity contribution in [2.75, 3.05) is 6.61 Å². The second-order valence-electron chi connectivity index (χ2n) is 5.58. The molecule has 0 bridgehead atoms. The molecule has 1 aliphatic heterocycles. The third kappa shape index (κ3) is 3.31. The van der Waals surface area contributed by atoms with Gasteiger partial charge in [-0.1, -0.05) is 23.4 Å². The Morgan fingerprint density at radius 3 is 2.91 bits per heavy atom. The van der Waals surface area contributed by atoms with E-state index in [9.17, 15) is 8.42 Å². The molecule has 1 aliphatic rings. The standard InChI is InChI=1S/C15H18N2O4S/c1-10-4-3-5-12-7-13(8-20-15(10)12)17-22(18,19)9-14-6-11(2)21-16-14/h3-6,13,17H,7-9H2,1-2H3/t13-/m1/s1. The maximum absolute atomic E-state index is 12.2. The highest BCUT2D eigenvalue weighted by Gasteiger charge is 2.25. The molecule has 1 aromatic heterocycles. The van der Waals surface area contributed by atoms with Crippen LogP contribution in [0.4, 0.5) is 0 Å². The normalized spacial score (nSPS) is 17.8. The number of rotatable bonds is 4. The van der Waals surface area contributed by atoms with E-state index in [4.69, 9.17) is 9.26 Å². The molecule has 1 N–H and O–H groups in total. The average Bonchev–Trinajstić information content (AvgIpc) is 2.82. The van der Waals surface area contributed by atoms with Crippen LogP contribution in [0.2, 0.25) is 0 Å². The molecular weight excluding hydrogens is 304 g/mol. The summed E-state index contributed by atoms with van der Waals surface area (Å²) in [6, 6.07) is 7.24. The maximum Gasteiger partial charge on any atom is 0.217 e. The predicted octanol–water partition coefficient (Wildman–Crippen LogP) is 1.71. The third-order valence-corrected chi connectivity index (χ3v) is 4.92. The number of benzene rings is 1. The van der Waals surface area contributed by atoms with Crippen molar-refractivity contribution in [3.63, 3.8) is 0 Å². The minimum Gasteiger partial charge on any atom is -0.491 e. The molecule has 0 radical (unpaired) electrons. The van der Waals surface area contributed by atoms with Crippen LogP contribution in [-0.2, 0) is 22.2 Å². The molecule has 22 heavy (non-hydrogen) atoms. The van der Waals surface area contributed by atoms with E-state index in [1.807, 2.05) is 25.1 Å². The lowest BCUT2D eigenvalue weighted by molar-refractivity contribution is 0.252. The molecule has 0 amide bonds. The van der Waals surface area contributed by atoms with Crippen LogP contribution >= 0.6 is 0 Å². The molecule has 1 aromatic carbocycles. The predicted molar refractivity (Wildman–Crippen MR) is 81.2 cm³/mol. The summed E-state index contributed by atoms with van der Waals surface area (Å²) in [5.41, 5.74) is 2.49. The van der Waals surface area contributed by atoms with E-state index < -0.39 is 10.0 Å². The Bertz CT molecular complexity index is 783. The molecule has 2 heterocycles. The van der Waals surface area contributed by atoms with Crippen LogP contribution in [0.25, 0.3) is 0 Å². The summed E-state index contributed by atoms with van der Waals surface area (Å²) in [6.45, 7) is 4.04. The Morgan fingerprint density at radius 2 is 2.18 bits per heavy atom. The van der Waals surface area contributed by atoms with Gasteiger partial charge in [-0.15, -0.1) is 0 Å². The van der Waals surface area contributed by atoms with E-state index in [2.05, 4.69) is 9.88 Å². The fourth-order valence-electron chi connectivity index (χ4n) is 2.64. The molecule has 1 atom stereocenters.